The molecular weight excluding hydrogens is 483 g/mol. The Hall–Kier alpha value is -3.19. The Morgan fingerprint density at radius 3 is 2.58 bits per heavy atom. The predicted molar refractivity (Wildman–Crippen MR) is 128 cm³/mol. The Morgan fingerprint density at radius 2 is 1.82 bits per heavy atom. The van der Waals surface area contributed by atoms with E-state index in [0.29, 0.717) is 33.1 Å². The van der Waals surface area contributed by atoms with Crippen molar-refractivity contribution in [2.45, 2.75) is 13.5 Å². The smallest absolute Gasteiger partial charge is 0.258 e. The van der Waals surface area contributed by atoms with Crippen LogP contribution in [-0.4, -0.2) is 25.5 Å². The van der Waals surface area contributed by atoms with Crippen molar-refractivity contribution in [2.75, 3.05) is 0 Å². The molecule has 0 aliphatic heterocycles. The Labute approximate surface area is 203 Å². The van der Waals surface area contributed by atoms with Crippen molar-refractivity contribution in [3.8, 4) is 11.5 Å². The van der Waals surface area contributed by atoms with Gasteiger partial charge in [-0.05, 0) is 48.9 Å². The van der Waals surface area contributed by atoms with Crippen LogP contribution in [0.15, 0.2) is 65.4 Å². The molecule has 3 heterocycles. The summed E-state index contributed by atoms with van der Waals surface area (Å²) in [5.41, 5.74) is 3.57. The molecule has 0 saturated carbocycles. The van der Waals surface area contributed by atoms with Crippen LogP contribution in [0, 0.1) is 6.92 Å². The van der Waals surface area contributed by atoms with Crippen LogP contribution in [0.5, 0.6) is 0 Å². The van der Waals surface area contributed by atoms with Gasteiger partial charge in [0.25, 0.3) is 5.89 Å². The van der Waals surface area contributed by atoms with E-state index in [1.807, 2.05) is 35.8 Å². The molecule has 3 aromatic heterocycles. The summed E-state index contributed by atoms with van der Waals surface area (Å²) in [5.74, 6) is -0.279. The summed E-state index contributed by atoms with van der Waals surface area (Å²) >= 11 is 19.2. The number of hydrogen-bond donors (Lipinski definition) is 0. The molecular formula is C24H15Cl3N4O2. The van der Waals surface area contributed by atoms with Crippen LogP contribution in [0.1, 0.15) is 27.3 Å². The monoisotopic (exact) mass is 496 g/mol. The number of rotatable bonds is 5. The molecule has 0 saturated heterocycles. The fourth-order valence-corrected chi connectivity index (χ4v) is 4.47. The fraction of sp³-hybridized carbons (Fsp3) is 0.0833. The topological polar surface area (TPSA) is 73.8 Å². The number of aryl methyl sites for hydroxylation is 1. The lowest BCUT2D eigenvalue weighted by atomic mass is 10.1. The standard InChI is InChI=1S/C24H15Cl3N4O2/c1-13-2-5-19-17(10-13)20(22(27)31(19)12-15-3-4-16(25)11-18(15)26)21(32)23-29-24(33-30-23)14-6-8-28-9-7-14/h2-11H,12H2,1H3. The third-order valence-corrected chi connectivity index (χ3v) is 6.26. The molecule has 0 amide bonds. The lowest BCUT2D eigenvalue weighted by molar-refractivity contribution is 0.102. The van der Waals surface area contributed by atoms with E-state index in [1.54, 1.807) is 36.7 Å². The molecule has 0 radical (unpaired) electrons. The first-order chi connectivity index (χ1) is 15.9. The Kier molecular flexibility index (Phi) is 5.66. The molecule has 0 aliphatic rings. The Morgan fingerprint density at radius 1 is 1.03 bits per heavy atom. The SMILES string of the molecule is Cc1ccc2c(c1)c(C(=O)c1noc(-c3ccncc3)n1)c(Cl)n2Cc1ccc(Cl)cc1Cl. The van der Waals surface area contributed by atoms with Gasteiger partial charge in [-0.25, -0.2) is 0 Å². The number of fused-ring (bicyclic) bond motifs is 1. The number of carbonyl (C=O) groups excluding carboxylic acids is 1. The third kappa shape index (κ3) is 4.02. The first-order valence-electron chi connectivity index (χ1n) is 9.93. The van der Waals surface area contributed by atoms with Crippen LogP contribution >= 0.6 is 34.8 Å². The maximum atomic E-state index is 13.5. The van der Waals surface area contributed by atoms with Crippen molar-refractivity contribution < 1.29 is 9.32 Å². The summed E-state index contributed by atoms with van der Waals surface area (Å²) in [6.45, 7) is 2.31. The molecule has 0 N–H and O–H groups in total. The van der Waals surface area contributed by atoms with Crippen molar-refractivity contribution in [1.29, 1.82) is 0 Å². The van der Waals surface area contributed by atoms with Crippen LogP contribution in [0.4, 0.5) is 0 Å². The first kappa shape index (κ1) is 21.6. The zero-order chi connectivity index (χ0) is 23.1. The molecule has 0 atom stereocenters. The maximum absolute atomic E-state index is 13.5. The molecule has 2 aromatic carbocycles. The zero-order valence-electron chi connectivity index (χ0n) is 17.2. The van der Waals surface area contributed by atoms with E-state index < -0.39 is 5.78 Å². The average Bonchev–Trinajstić information content (AvgIpc) is 3.39. The molecule has 0 aliphatic carbocycles. The van der Waals surface area contributed by atoms with Gasteiger partial charge in [0, 0.05) is 33.4 Å². The summed E-state index contributed by atoms with van der Waals surface area (Å²) in [6, 6.07) is 14.5. The molecule has 0 bridgehead atoms. The molecule has 5 rings (SSSR count). The quantitative estimate of drug-likeness (QED) is 0.255. The van der Waals surface area contributed by atoms with E-state index in [4.69, 9.17) is 39.3 Å². The molecule has 164 valence electrons. The maximum Gasteiger partial charge on any atom is 0.258 e. The molecule has 5 aromatic rings. The van der Waals surface area contributed by atoms with E-state index in [2.05, 4.69) is 15.1 Å². The van der Waals surface area contributed by atoms with Gasteiger partial charge in [0.2, 0.25) is 11.6 Å². The van der Waals surface area contributed by atoms with Gasteiger partial charge in [-0.1, -0.05) is 57.7 Å². The molecule has 0 spiro atoms. The normalized spacial score (nSPS) is 11.3. The molecule has 6 nitrogen and oxygen atoms in total. The van der Waals surface area contributed by atoms with E-state index in [1.165, 1.54) is 0 Å². The Bertz CT molecular complexity index is 1510. The number of ketones is 1. The first-order valence-corrected chi connectivity index (χ1v) is 11.1. The van der Waals surface area contributed by atoms with Gasteiger partial charge in [-0.3, -0.25) is 9.78 Å². The van der Waals surface area contributed by atoms with Crippen molar-refractivity contribution in [1.82, 2.24) is 19.7 Å². The molecule has 9 heteroatoms. The van der Waals surface area contributed by atoms with Crippen LogP contribution in [-0.2, 0) is 6.54 Å². The van der Waals surface area contributed by atoms with Gasteiger partial charge in [0.05, 0.1) is 17.6 Å². The second-order valence-electron chi connectivity index (χ2n) is 7.50. The average molecular weight is 498 g/mol. The zero-order valence-corrected chi connectivity index (χ0v) is 19.5. The minimum absolute atomic E-state index is 0.0752. The van der Waals surface area contributed by atoms with Gasteiger partial charge < -0.3 is 9.09 Å². The summed E-state index contributed by atoms with van der Waals surface area (Å²) in [4.78, 5) is 21.7. The van der Waals surface area contributed by atoms with Crippen LogP contribution in [0.25, 0.3) is 22.4 Å². The highest BCUT2D eigenvalue weighted by Gasteiger charge is 2.27. The van der Waals surface area contributed by atoms with E-state index in [9.17, 15) is 4.79 Å². The summed E-state index contributed by atoms with van der Waals surface area (Å²) in [6.07, 6.45) is 3.21. The van der Waals surface area contributed by atoms with E-state index >= 15 is 0 Å². The second-order valence-corrected chi connectivity index (χ2v) is 8.70. The fourth-order valence-electron chi connectivity index (χ4n) is 3.67. The van der Waals surface area contributed by atoms with Gasteiger partial charge in [0.15, 0.2) is 0 Å². The van der Waals surface area contributed by atoms with E-state index in [-0.39, 0.29) is 16.9 Å². The number of carbonyl (C=O) groups is 1. The highest BCUT2D eigenvalue weighted by Crippen LogP contribution is 2.34. The Balaban J connectivity index is 1.61. The van der Waals surface area contributed by atoms with E-state index in [0.717, 1.165) is 16.6 Å². The highest BCUT2D eigenvalue weighted by atomic mass is 35.5. The van der Waals surface area contributed by atoms with Crippen LogP contribution in [0.3, 0.4) is 0 Å². The van der Waals surface area contributed by atoms with Gasteiger partial charge in [-0.2, -0.15) is 4.98 Å². The second kappa shape index (κ2) is 8.63. The summed E-state index contributed by atoms with van der Waals surface area (Å²) < 4.78 is 7.14. The lowest BCUT2D eigenvalue weighted by Crippen LogP contribution is -2.06. The lowest BCUT2D eigenvalue weighted by Gasteiger charge is -2.10. The number of hydrogen-bond acceptors (Lipinski definition) is 5. The minimum atomic E-state index is -0.430. The molecule has 0 fully saturated rings. The van der Waals surface area contributed by atoms with Crippen molar-refractivity contribution >= 4 is 51.5 Å². The minimum Gasteiger partial charge on any atom is -0.333 e. The summed E-state index contributed by atoms with van der Waals surface area (Å²) in [5, 5.41) is 5.92. The van der Waals surface area contributed by atoms with Gasteiger partial charge in [0.1, 0.15) is 5.15 Å². The summed E-state index contributed by atoms with van der Waals surface area (Å²) in [7, 11) is 0. The molecule has 0 unspecified atom stereocenters. The number of aromatic nitrogens is 4. The largest absolute Gasteiger partial charge is 0.333 e. The predicted octanol–water partition coefficient (Wildman–Crippen LogP) is 6.63. The van der Waals surface area contributed by atoms with Crippen molar-refractivity contribution in [2.24, 2.45) is 0 Å². The van der Waals surface area contributed by atoms with Crippen LogP contribution < -0.4 is 0 Å². The van der Waals surface area contributed by atoms with Gasteiger partial charge >= 0.3 is 0 Å². The van der Waals surface area contributed by atoms with Crippen LogP contribution in [0.2, 0.25) is 15.2 Å². The highest BCUT2D eigenvalue weighted by molar-refractivity contribution is 6.37. The third-order valence-electron chi connectivity index (χ3n) is 5.28. The van der Waals surface area contributed by atoms with Crippen molar-refractivity contribution in [3.63, 3.8) is 0 Å². The number of pyridine rings is 1. The number of nitrogens with zero attached hydrogens (tertiary/aromatic N) is 4. The molecule has 33 heavy (non-hydrogen) atoms. The van der Waals surface area contributed by atoms with Crippen molar-refractivity contribution in [3.05, 3.63) is 98.6 Å². The number of benzene rings is 2. The van der Waals surface area contributed by atoms with Gasteiger partial charge in [-0.15, -0.1) is 0 Å². The number of halogens is 3.